The highest BCUT2D eigenvalue weighted by Crippen LogP contribution is 2.25. The molecule has 3 rings (SSSR count). The summed E-state index contributed by atoms with van der Waals surface area (Å²) in [5.74, 6) is -0.120. The minimum absolute atomic E-state index is 0.0373. The molecule has 1 heterocycles. The summed E-state index contributed by atoms with van der Waals surface area (Å²) >= 11 is 2.69. The smallest absolute Gasteiger partial charge is 0.285 e. The van der Waals surface area contributed by atoms with Crippen LogP contribution in [0.5, 0.6) is 0 Å². The molecule has 5 nitrogen and oxygen atoms in total. The molecule has 1 N–H and O–H groups in total. The van der Waals surface area contributed by atoms with Gasteiger partial charge in [-0.25, -0.2) is 4.98 Å². The Kier molecular flexibility index (Phi) is 6.49. The van der Waals surface area contributed by atoms with Gasteiger partial charge in [-0.05, 0) is 43.0 Å². The molecule has 28 heavy (non-hydrogen) atoms. The van der Waals surface area contributed by atoms with Crippen molar-refractivity contribution in [1.82, 2.24) is 9.88 Å². The van der Waals surface area contributed by atoms with Crippen molar-refractivity contribution in [1.29, 1.82) is 0 Å². The zero-order valence-corrected chi connectivity index (χ0v) is 17.6. The Balaban J connectivity index is 1.57. The van der Waals surface area contributed by atoms with E-state index in [2.05, 4.69) is 22.4 Å². The highest BCUT2D eigenvalue weighted by atomic mass is 32.2. The molecule has 0 unspecified atom stereocenters. The number of anilines is 1. The van der Waals surface area contributed by atoms with Crippen molar-refractivity contribution in [3.8, 4) is 10.6 Å². The van der Waals surface area contributed by atoms with Crippen LogP contribution in [-0.2, 0) is 11.2 Å². The van der Waals surface area contributed by atoms with Crippen LogP contribution in [0.3, 0.4) is 0 Å². The lowest BCUT2D eigenvalue weighted by Gasteiger charge is -2.09. The topological polar surface area (TPSA) is 62.3 Å². The van der Waals surface area contributed by atoms with E-state index in [9.17, 15) is 9.59 Å². The molecule has 7 heteroatoms. The molecule has 0 fully saturated rings. The number of thiazole rings is 1. The van der Waals surface area contributed by atoms with Gasteiger partial charge in [0.15, 0.2) is 0 Å². The molecule has 3 aromatic rings. The molecule has 0 aliphatic rings. The Morgan fingerprint density at radius 1 is 1.07 bits per heavy atom. The molecular formula is C21H21N3O2S2. The number of benzene rings is 2. The largest absolute Gasteiger partial charge is 0.339 e. The van der Waals surface area contributed by atoms with Gasteiger partial charge in [0.2, 0.25) is 5.91 Å². The number of aryl methyl sites for hydroxylation is 1. The number of rotatable bonds is 5. The fourth-order valence-corrected chi connectivity index (χ4v) is 3.87. The number of nitrogens with zero attached hydrogens (tertiary/aromatic N) is 2. The minimum Gasteiger partial charge on any atom is -0.339 e. The molecule has 0 radical (unpaired) electrons. The summed E-state index contributed by atoms with van der Waals surface area (Å²) in [6.45, 7) is 2.05. The van der Waals surface area contributed by atoms with Gasteiger partial charge in [0, 0.05) is 35.6 Å². The first-order valence-electron chi connectivity index (χ1n) is 8.71. The van der Waals surface area contributed by atoms with Crippen LogP contribution >= 0.6 is 23.1 Å². The van der Waals surface area contributed by atoms with Crippen LogP contribution in [0.4, 0.5) is 10.5 Å². The van der Waals surface area contributed by atoms with Gasteiger partial charge < -0.3 is 10.2 Å². The number of carbonyl (C=O) groups is 2. The number of nitrogens with one attached hydrogen (secondary N) is 1. The third kappa shape index (κ3) is 5.43. The van der Waals surface area contributed by atoms with Gasteiger partial charge in [-0.3, -0.25) is 9.59 Å². The van der Waals surface area contributed by atoms with Crippen molar-refractivity contribution in [3.63, 3.8) is 0 Å². The fourth-order valence-electron chi connectivity index (χ4n) is 2.38. The van der Waals surface area contributed by atoms with E-state index in [0.717, 1.165) is 32.9 Å². The van der Waals surface area contributed by atoms with Gasteiger partial charge in [-0.2, -0.15) is 0 Å². The summed E-state index contributed by atoms with van der Waals surface area (Å²) in [7, 11) is 3.43. The second-order valence-electron chi connectivity index (χ2n) is 6.52. The SMILES string of the molecule is Cc1ccc(-c2nc(CC(=O)Nc3ccc(SC(=O)N(C)C)cc3)cs2)cc1. The first kappa shape index (κ1) is 20.1. The Morgan fingerprint density at radius 3 is 2.39 bits per heavy atom. The highest BCUT2D eigenvalue weighted by molar-refractivity contribution is 8.13. The standard InChI is InChI=1S/C21H21N3O2S2/c1-14-4-6-15(7-5-14)20-23-17(13-27-20)12-19(25)22-16-8-10-18(11-9-16)28-21(26)24(2)3/h4-11,13H,12H2,1-3H3,(H,22,25). The molecule has 0 bridgehead atoms. The van der Waals surface area contributed by atoms with Crippen molar-refractivity contribution < 1.29 is 9.59 Å². The lowest BCUT2D eigenvalue weighted by atomic mass is 10.2. The predicted molar refractivity (Wildman–Crippen MR) is 116 cm³/mol. The van der Waals surface area contributed by atoms with Crippen LogP contribution in [0, 0.1) is 6.92 Å². The Hall–Kier alpha value is -2.64. The van der Waals surface area contributed by atoms with E-state index in [4.69, 9.17) is 0 Å². The number of hydrogen-bond acceptors (Lipinski definition) is 5. The minimum atomic E-state index is -0.120. The third-order valence-electron chi connectivity index (χ3n) is 3.90. The zero-order chi connectivity index (χ0) is 20.1. The molecule has 0 aliphatic heterocycles. The van der Waals surface area contributed by atoms with Gasteiger partial charge in [0.25, 0.3) is 5.24 Å². The molecular weight excluding hydrogens is 390 g/mol. The summed E-state index contributed by atoms with van der Waals surface area (Å²) in [6.07, 6.45) is 0.220. The molecule has 0 atom stereocenters. The van der Waals surface area contributed by atoms with Crippen LogP contribution in [0.1, 0.15) is 11.3 Å². The van der Waals surface area contributed by atoms with Crippen molar-refractivity contribution >= 4 is 39.9 Å². The van der Waals surface area contributed by atoms with E-state index in [1.54, 1.807) is 26.2 Å². The fraction of sp³-hybridized carbons (Fsp3) is 0.190. The lowest BCUT2D eigenvalue weighted by Crippen LogP contribution is -2.16. The van der Waals surface area contributed by atoms with Gasteiger partial charge >= 0.3 is 0 Å². The molecule has 2 aromatic carbocycles. The van der Waals surface area contributed by atoms with Crippen molar-refractivity contribution in [2.45, 2.75) is 18.2 Å². The maximum Gasteiger partial charge on any atom is 0.285 e. The Morgan fingerprint density at radius 2 is 1.75 bits per heavy atom. The second-order valence-corrected chi connectivity index (χ2v) is 8.40. The number of amides is 2. The van der Waals surface area contributed by atoms with E-state index < -0.39 is 0 Å². The van der Waals surface area contributed by atoms with Crippen LogP contribution in [0.15, 0.2) is 58.8 Å². The molecule has 144 valence electrons. The summed E-state index contributed by atoms with van der Waals surface area (Å²) in [4.78, 5) is 31.0. The second kappa shape index (κ2) is 9.03. The van der Waals surface area contributed by atoms with Crippen LogP contribution < -0.4 is 5.32 Å². The van der Waals surface area contributed by atoms with E-state index in [1.807, 2.05) is 36.6 Å². The summed E-state index contributed by atoms with van der Waals surface area (Å²) < 4.78 is 0. The maximum absolute atomic E-state index is 12.3. The highest BCUT2D eigenvalue weighted by Gasteiger charge is 2.10. The van der Waals surface area contributed by atoms with E-state index >= 15 is 0 Å². The number of carbonyl (C=O) groups excluding carboxylic acids is 2. The predicted octanol–water partition coefficient (Wildman–Crippen LogP) is 5.07. The maximum atomic E-state index is 12.3. The van der Waals surface area contributed by atoms with E-state index in [-0.39, 0.29) is 17.6 Å². The third-order valence-corrected chi connectivity index (χ3v) is 5.89. The van der Waals surface area contributed by atoms with Gasteiger partial charge in [-0.15, -0.1) is 11.3 Å². The van der Waals surface area contributed by atoms with Crippen LogP contribution in [0.2, 0.25) is 0 Å². The Labute approximate surface area is 172 Å². The van der Waals surface area contributed by atoms with Gasteiger partial charge in [-0.1, -0.05) is 29.8 Å². The number of thioether (sulfide) groups is 1. The molecule has 0 saturated carbocycles. The summed E-state index contributed by atoms with van der Waals surface area (Å²) in [5, 5.41) is 5.66. The number of aromatic nitrogens is 1. The van der Waals surface area contributed by atoms with Crippen molar-refractivity contribution in [3.05, 3.63) is 65.2 Å². The molecule has 0 saturated heterocycles. The monoisotopic (exact) mass is 411 g/mol. The normalized spacial score (nSPS) is 10.5. The van der Waals surface area contributed by atoms with Crippen molar-refractivity contribution in [2.24, 2.45) is 0 Å². The molecule has 1 aromatic heterocycles. The first-order valence-corrected chi connectivity index (χ1v) is 10.4. The van der Waals surface area contributed by atoms with Crippen LogP contribution in [-0.4, -0.2) is 35.1 Å². The molecule has 0 spiro atoms. The number of hydrogen-bond donors (Lipinski definition) is 1. The average Bonchev–Trinajstić information content (AvgIpc) is 3.12. The molecule has 0 aliphatic carbocycles. The van der Waals surface area contributed by atoms with E-state index in [0.29, 0.717) is 5.69 Å². The Bertz CT molecular complexity index is 964. The van der Waals surface area contributed by atoms with E-state index in [1.165, 1.54) is 21.8 Å². The summed E-state index contributed by atoms with van der Waals surface area (Å²) in [6, 6.07) is 15.4. The summed E-state index contributed by atoms with van der Waals surface area (Å²) in [5.41, 5.74) is 3.71. The van der Waals surface area contributed by atoms with Gasteiger partial charge in [0.1, 0.15) is 5.01 Å². The average molecular weight is 412 g/mol. The van der Waals surface area contributed by atoms with Gasteiger partial charge in [0.05, 0.1) is 12.1 Å². The molecule has 2 amide bonds. The first-order chi connectivity index (χ1) is 13.4. The van der Waals surface area contributed by atoms with Crippen LogP contribution in [0.25, 0.3) is 10.6 Å². The van der Waals surface area contributed by atoms with Crippen molar-refractivity contribution in [2.75, 3.05) is 19.4 Å². The quantitative estimate of drug-likeness (QED) is 0.595. The zero-order valence-electron chi connectivity index (χ0n) is 15.9. The lowest BCUT2D eigenvalue weighted by molar-refractivity contribution is -0.115.